The Kier molecular flexibility index (Phi) is 8.93. The number of hydrogen-bond donors (Lipinski definition) is 2. The number of rotatable bonds is 7. The minimum atomic E-state index is 0. The van der Waals surface area contributed by atoms with Crippen molar-refractivity contribution < 1.29 is 14.3 Å². The zero-order chi connectivity index (χ0) is 16.7. The molecule has 2 atom stereocenters. The Bertz CT molecular complexity index is 525. The van der Waals surface area contributed by atoms with Gasteiger partial charge in [0.25, 0.3) is 0 Å². The molecule has 1 aliphatic carbocycles. The van der Waals surface area contributed by atoms with E-state index in [4.69, 9.17) is 15.2 Å². The van der Waals surface area contributed by atoms with E-state index < -0.39 is 0 Å². The van der Waals surface area contributed by atoms with E-state index in [9.17, 15) is 4.79 Å². The highest BCUT2D eigenvalue weighted by atomic mass is 35.5. The molecule has 1 saturated carbocycles. The van der Waals surface area contributed by atoms with Crippen LogP contribution in [0.2, 0.25) is 0 Å². The lowest BCUT2D eigenvalue weighted by Crippen LogP contribution is -2.44. The van der Waals surface area contributed by atoms with E-state index in [1.807, 2.05) is 18.2 Å². The van der Waals surface area contributed by atoms with E-state index in [0.29, 0.717) is 36.8 Å². The van der Waals surface area contributed by atoms with Gasteiger partial charge in [-0.3, -0.25) is 4.79 Å². The second-order valence-electron chi connectivity index (χ2n) is 6.14. The molecule has 0 heterocycles. The van der Waals surface area contributed by atoms with Gasteiger partial charge in [0.05, 0.1) is 14.2 Å². The number of nitrogens with one attached hydrogen (secondary N) is 1. The van der Waals surface area contributed by atoms with Crippen LogP contribution in [0.4, 0.5) is 0 Å². The summed E-state index contributed by atoms with van der Waals surface area (Å²) in [5.41, 5.74) is 6.88. The standard InChI is InChI=1S/C18H28N2O3.ClH/c1-22-16-9-7-13(11-17(16)23-2)8-10-18(21)20-15-6-4-3-5-14(15)12-19;/h7,9,11,14-15H,3-6,8,10,12,19H2,1-2H3,(H,20,21);1H. The van der Waals surface area contributed by atoms with E-state index in [1.165, 1.54) is 12.8 Å². The molecule has 0 spiro atoms. The minimum Gasteiger partial charge on any atom is -0.493 e. The second-order valence-corrected chi connectivity index (χ2v) is 6.14. The molecule has 1 aromatic carbocycles. The zero-order valence-electron chi connectivity index (χ0n) is 14.5. The van der Waals surface area contributed by atoms with Gasteiger partial charge in [-0.05, 0) is 49.4 Å². The Morgan fingerprint density at radius 2 is 1.92 bits per heavy atom. The maximum Gasteiger partial charge on any atom is 0.220 e. The van der Waals surface area contributed by atoms with Crippen molar-refractivity contribution >= 4 is 18.3 Å². The Hall–Kier alpha value is -1.46. The summed E-state index contributed by atoms with van der Waals surface area (Å²) < 4.78 is 10.5. The van der Waals surface area contributed by atoms with Gasteiger partial charge in [-0.25, -0.2) is 0 Å². The number of benzene rings is 1. The van der Waals surface area contributed by atoms with E-state index in [-0.39, 0.29) is 24.4 Å². The first-order valence-electron chi connectivity index (χ1n) is 8.38. The largest absolute Gasteiger partial charge is 0.493 e. The van der Waals surface area contributed by atoms with Gasteiger partial charge in [0.1, 0.15) is 0 Å². The molecular formula is C18H29ClN2O3. The summed E-state index contributed by atoms with van der Waals surface area (Å²) in [5, 5.41) is 3.17. The highest BCUT2D eigenvalue weighted by molar-refractivity contribution is 5.85. The van der Waals surface area contributed by atoms with Crippen LogP contribution in [0, 0.1) is 5.92 Å². The monoisotopic (exact) mass is 356 g/mol. The van der Waals surface area contributed by atoms with Crippen molar-refractivity contribution in [2.24, 2.45) is 11.7 Å². The van der Waals surface area contributed by atoms with E-state index in [0.717, 1.165) is 18.4 Å². The number of carbonyl (C=O) groups is 1. The lowest BCUT2D eigenvalue weighted by Gasteiger charge is -2.31. The minimum absolute atomic E-state index is 0. The molecule has 5 nitrogen and oxygen atoms in total. The highest BCUT2D eigenvalue weighted by Gasteiger charge is 2.25. The Morgan fingerprint density at radius 3 is 2.58 bits per heavy atom. The van der Waals surface area contributed by atoms with Crippen molar-refractivity contribution in [2.75, 3.05) is 20.8 Å². The molecular weight excluding hydrogens is 328 g/mol. The maximum absolute atomic E-state index is 12.2. The fraction of sp³-hybridized carbons (Fsp3) is 0.611. The van der Waals surface area contributed by atoms with Crippen LogP contribution in [0.15, 0.2) is 18.2 Å². The van der Waals surface area contributed by atoms with Gasteiger partial charge in [-0.1, -0.05) is 18.9 Å². The average Bonchev–Trinajstić information content (AvgIpc) is 2.60. The summed E-state index contributed by atoms with van der Waals surface area (Å²) in [4.78, 5) is 12.2. The molecule has 1 aromatic rings. The predicted molar refractivity (Wildman–Crippen MR) is 98.1 cm³/mol. The molecule has 3 N–H and O–H groups in total. The molecule has 0 saturated heterocycles. The van der Waals surface area contributed by atoms with Crippen LogP contribution in [0.25, 0.3) is 0 Å². The van der Waals surface area contributed by atoms with E-state index in [1.54, 1.807) is 14.2 Å². The van der Waals surface area contributed by atoms with Crippen molar-refractivity contribution in [1.82, 2.24) is 5.32 Å². The SMILES string of the molecule is COc1ccc(CCC(=O)NC2CCCCC2CN)cc1OC.Cl. The Balaban J connectivity index is 0.00000288. The van der Waals surface area contributed by atoms with Gasteiger partial charge in [0, 0.05) is 12.5 Å². The lowest BCUT2D eigenvalue weighted by atomic mass is 9.84. The quantitative estimate of drug-likeness (QED) is 0.787. The maximum atomic E-state index is 12.2. The van der Waals surface area contributed by atoms with Crippen LogP contribution < -0.4 is 20.5 Å². The number of methoxy groups -OCH3 is 2. The number of aryl methyl sites for hydroxylation is 1. The van der Waals surface area contributed by atoms with Crippen molar-refractivity contribution in [1.29, 1.82) is 0 Å². The summed E-state index contributed by atoms with van der Waals surface area (Å²) in [5.74, 6) is 1.92. The van der Waals surface area contributed by atoms with Crippen LogP contribution in [-0.2, 0) is 11.2 Å². The fourth-order valence-corrected chi connectivity index (χ4v) is 3.25. The zero-order valence-corrected chi connectivity index (χ0v) is 15.4. The summed E-state index contributed by atoms with van der Waals surface area (Å²) in [6.45, 7) is 0.653. The molecule has 1 aliphatic rings. The Morgan fingerprint density at radius 1 is 1.21 bits per heavy atom. The molecule has 1 amide bonds. The fourth-order valence-electron chi connectivity index (χ4n) is 3.25. The average molecular weight is 357 g/mol. The summed E-state index contributed by atoms with van der Waals surface area (Å²) >= 11 is 0. The second kappa shape index (κ2) is 10.4. The summed E-state index contributed by atoms with van der Waals surface area (Å²) in [7, 11) is 3.23. The number of ether oxygens (including phenoxy) is 2. The third-order valence-electron chi connectivity index (χ3n) is 4.65. The molecule has 2 unspecified atom stereocenters. The van der Waals surface area contributed by atoms with Crippen LogP contribution >= 0.6 is 12.4 Å². The van der Waals surface area contributed by atoms with E-state index in [2.05, 4.69) is 5.32 Å². The van der Waals surface area contributed by atoms with Crippen molar-refractivity contribution in [3.63, 3.8) is 0 Å². The van der Waals surface area contributed by atoms with Crippen LogP contribution in [0.1, 0.15) is 37.7 Å². The third-order valence-corrected chi connectivity index (χ3v) is 4.65. The van der Waals surface area contributed by atoms with Crippen LogP contribution in [-0.4, -0.2) is 32.7 Å². The lowest BCUT2D eigenvalue weighted by molar-refractivity contribution is -0.122. The third kappa shape index (κ3) is 5.56. The highest BCUT2D eigenvalue weighted by Crippen LogP contribution is 2.28. The van der Waals surface area contributed by atoms with Crippen molar-refractivity contribution in [3.8, 4) is 11.5 Å². The van der Waals surface area contributed by atoms with Crippen molar-refractivity contribution in [3.05, 3.63) is 23.8 Å². The molecule has 1 fully saturated rings. The molecule has 0 bridgehead atoms. The molecule has 24 heavy (non-hydrogen) atoms. The van der Waals surface area contributed by atoms with Gasteiger partial charge in [0.15, 0.2) is 11.5 Å². The smallest absolute Gasteiger partial charge is 0.220 e. The van der Waals surface area contributed by atoms with Gasteiger partial charge in [-0.2, -0.15) is 0 Å². The number of nitrogens with two attached hydrogens (primary N) is 1. The first-order valence-corrected chi connectivity index (χ1v) is 8.38. The summed E-state index contributed by atoms with van der Waals surface area (Å²) in [6, 6.07) is 6.01. The topological polar surface area (TPSA) is 73.6 Å². The molecule has 2 rings (SSSR count). The predicted octanol–water partition coefficient (Wildman–Crippen LogP) is 2.69. The van der Waals surface area contributed by atoms with Gasteiger partial charge < -0.3 is 20.5 Å². The van der Waals surface area contributed by atoms with Gasteiger partial charge in [0.2, 0.25) is 5.91 Å². The van der Waals surface area contributed by atoms with Crippen LogP contribution in [0.3, 0.4) is 0 Å². The van der Waals surface area contributed by atoms with Gasteiger partial charge in [-0.15, -0.1) is 12.4 Å². The Labute approximate surface area is 150 Å². The number of carbonyl (C=O) groups excluding carboxylic acids is 1. The van der Waals surface area contributed by atoms with Crippen LogP contribution in [0.5, 0.6) is 11.5 Å². The molecule has 0 aromatic heterocycles. The summed E-state index contributed by atoms with van der Waals surface area (Å²) in [6.07, 6.45) is 5.73. The number of halogens is 1. The van der Waals surface area contributed by atoms with Crippen molar-refractivity contribution in [2.45, 2.75) is 44.6 Å². The first-order chi connectivity index (χ1) is 11.2. The van der Waals surface area contributed by atoms with Gasteiger partial charge >= 0.3 is 0 Å². The molecule has 0 radical (unpaired) electrons. The molecule has 0 aliphatic heterocycles. The first kappa shape index (κ1) is 20.6. The number of amides is 1. The molecule has 6 heteroatoms. The normalized spacial score (nSPS) is 20.0. The molecule has 136 valence electrons. The number of hydrogen-bond acceptors (Lipinski definition) is 4. The van der Waals surface area contributed by atoms with E-state index >= 15 is 0 Å².